The minimum absolute atomic E-state index is 0.0927. The second-order valence-electron chi connectivity index (χ2n) is 8.08. The Morgan fingerprint density at radius 1 is 1.10 bits per heavy atom. The van der Waals surface area contributed by atoms with Gasteiger partial charge in [0, 0.05) is 25.3 Å². The van der Waals surface area contributed by atoms with Crippen molar-refractivity contribution in [2.24, 2.45) is 0 Å². The lowest BCUT2D eigenvalue weighted by Crippen LogP contribution is -2.41. The van der Waals surface area contributed by atoms with Gasteiger partial charge in [0.1, 0.15) is 29.1 Å². The molecule has 31 heavy (non-hydrogen) atoms. The summed E-state index contributed by atoms with van der Waals surface area (Å²) in [7, 11) is 0. The number of hydrogen-bond acceptors (Lipinski definition) is 5. The Hall–Kier alpha value is -3.49. The number of para-hydroxylation sites is 2. The molecule has 2 aromatic carbocycles. The zero-order chi connectivity index (χ0) is 21.1. The molecule has 7 nitrogen and oxygen atoms in total. The third-order valence-electron chi connectivity index (χ3n) is 6.08. The summed E-state index contributed by atoms with van der Waals surface area (Å²) >= 11 is 0. The van der Waals surface area contributed by atoms with Gasteiger partial charge >= 0.3 is 11.8 Å². The molecular weight excluding hydrogens is 406 g/mol. The Kier molecular flexibility index (Phi) is 3.99. The van der Waals surface area contributed by atoms with Gasteiger partial charge in [-0.25, -0.2) is 18.3 Å². The molecule has 0 amide bonds. The lowest BCUT2D eigenvalue weighted by atomic mass is 9.89. The van der Waals surface area contributed by atoms with Gasteiger partial charge in [-0.1, -0.05) is 12.1 Å². The molecule has 1 aliphatic heterocycles. The summed E-state index contributed by atoms with van der Waals surface area (Å²) in [6.07, 6.45) is 2.49. The molecule has 0 spiro atoms. The maximum absolute atomic E-state index is 13.7. The highest BCUT2D eigenvalue weighted by molar-refractivity contribution is 5.72. The minimum atomic E-state index is -0.651. The fourth-order valence-corrected chi connectivity index (χ4v) is 4.51. The first-order chi connectivity index (χ1) is 15.0. The second-order valence-corrected chi connectivity index (χ2v) is 8.08. The summed E-state index contributed by atoms with van der Waals surface area (Å²) in [5, 5.41) is 4.49. The SMILES string of the molecule is O=c1n(C2CC(Oc3nc4ccccc4o3)C2)nc2n1[C@H](c1cc(F)cc(F)c1)CC2. The molecule has 2 aromatic heterocycles. The van der Waals surface area contributed by atoms with Gasteiger partial charge < -0.3 is 9.15 Å². The van der Waals surface area contributed by atoms with E-state index in [2.05, 4.69) is 10.1 Å². The van der Waals surface area contributed by atoms with Gasteiger partial charge in [0.2, 0.25) is 0 Å². The zero-order valence-electron chi connectivity index (χ0n) is 16.4. The van der Waals surface area contributed by atoms with Crippen molar-refractivity contribution in [1.29, 1.82) is 0 Å². The van der Waals surface area contributed by atoms with E-state index in [4.69, 9.17) is 9.15 Å². The summed E-state index contributed by atoms with van der Waals surface area (Å²) in [6.45, 7) is 0. The molecule has 158 valence electrons. The van der Waals surface area contributed by atoms with E-state index in [-0.39, 0.29) is 23.9 Å². The topological polar surface area (TPSA) is 75.1 Å². The van der Waals surface area contributed by atoms with E-state index in [1.54, 1.807) is 4.57 Å². The monoisotopic (exact) mass is 424 g/mol. The van der Waals surface area contributed by atoms with Crippen LogP contribution in [0, 0.1) is 11.6 Å². The quantitative estimate of drug-likeness (QED) is 0.498. The van der Waals surface area contributed by atoms with Crippen molar-refractivity contribution < 1.29 is 17.9 Å². The molecule has 1 atom stereocenters. The van der Waals surface area contributed by atoms with Crippen LogP contribution in [0.1, 0.15) is 42.7 Å². The van der Waals surface area contributed by atoms with Gasteiger partial charge in [0.25, 0.3) is 0 Å². The molecule has 1 saturated carbocycles. The van der Waals surface area contributed by atoms with Crippen LogP contribution in [0.4, 0.5) is 8.78 Å². The average molecular weight is 424 g/mol. The van der Waals surface area contributed by atoms with Gasteiger partial charge in [-0.05, 0) is 36.2 Å². The molecule has 0 radical (unpaired) electrons. The summed E-state index contributed by atoms with van der Waals surface area (Å²) in [6, 6.07) is 10.3. The number of aryl methyl sites for hydroxylation is 1. The highest BCUT2D eigenvalue weighted by Gasteiger charge is 2.38. The van der Waals surface area contributed by atoms with Gasteiger partial charge in [-0.15, -0.1) is 0 Å². The van der Waals surface area contributed by atoms with Crippen molar-refractivity contribution in [2.45, 2.75) is 43.9 Å². The van der Waals surface area contributed by atoms with Crippen molar-refractivity contribution in [3.8, 4) is 6.08 Å². The second kappa shape index (κ2) is 6.76. The van der Waals surface area contributed by atoms with E-state index in [1.165, 1.54) is 16.8 Å². The van der Waals surface area contributed by atoms with E-state index in [9.17, 15) is 13.6 Å². The molecule has 1 aliphatic carbocycles. The van der Waals surface area contributed by atoms with Crippen molar-refractivity contribution in [1.82, 2.24) is 19.3 Å². The van der Waals surface area contributed by atoms with Crippen LogP contribution >= 0.6 is 0 Å². The molecular formula is C22H18F2N4O3. The van der Waals surface area contributed by atoms with Gasteiger partial charge in [0.15, 0.2) is 5.58 Å². The van der Waals surface area contributed by atoms with Gasteiger partial charge in [-0.3, -0.25) is 4.57 Å². The molecule has 4 aromatic rings. The van der Waals surface area contributed by atoms with Crippen molar-refractivity contribution >= 4 is 11.1 Å². The number of nitrogens with zero attached hydrogens (tertiary/aromatic N) is 4. The normalized spacial score (nSPS) is 22.5. The highest BCUT2D eigenvalue weighted by atomic mass is 19.1. The van der Waals surface area contributed by atoms with E-state index >= 15 is 0 Å². The highest BCUT2D eigenvalue weighted by Crippen LogP contribution is 2.36. The minimum Gasteiger partial charge on any atom is -0.447 e. The summed E-state index contributed by atoms with van der Waals surface area (Å²) in [5.41, 5.74) is 1.58. The smallest absolute Gasteiger partial charge is 0.394 e. The van der Waals surface area contributed by atoms with E-state index in [1.807, 2.05) is 24.3 Å². The van der Waals surface area contributed by atoms with Crippen LogP contribution in [-0.4, -0.2) is 25.4 Å². The molecule has 2 aliphatic rings. The molecule has 0 N–H and O–H groups in total. The average Bonchev–Trinajstić information content (AvgIpc) is 3.38. The lowest BCUT2D eigenvalue weighted by molar-refractivity contribution is 0.0392. The molecule has 9 heteroatoms. The summed E-state index contributed by atoms with van der Waals surface area (Å²) in [4.78, 5) is 17.3. The molecule has 0 saturated heterocycles. The van der Waals surface area contributed by atoms with Crippen LogP contribution in [0.15, 0.2) is 51.7 Å². The third-order valence-corrected chi connectivity index (χ3v) is 6.08. The summed E-state index contributed by atoms with van der Waals surface area (Å²) < 4.78 is 41.8. The zero-order valence-corrected chi connectivity index (χ0v) is 16.4. The molecule has 0 bridgehead atoms. The number of aromatic nitrogens is 4. The van der Waals surface area contributed by atoms with Crippen LogP contribution in [0.25, 0.3) is 11.1 Å². The predicted molar refractivity (Wildman–Crippen MR) is 106 cm³/mol. The standard InChI is InChI=1S/C22H18F2N4O3/c23-13-7-12(8-14(24)9-13)18-5-6-20-26-28(22(29)27(18)20)15-10-16(11-15)30-21-25-17-3-1-2-4-19(17)31-21/h1-4,7-9,15-16,18H,5-6,10-11H2/t15?,16?,18-/m0/s1. The Bertz CT molecular complexity index is 1300. The van der Waals surface area contributed by atoms with E-state index in [0.29, 0.717) is 42.7 Å². The molecule has 0 unspecified atom stereocenters. The van der Waals surface area contributed by atoms with Crippen LogP contribution in [-0.2, 0) is 6.42 Å². The maximum Gasteiger partial charge on any atom is 0.394 e. The van der Waals surface area contributed by atoms with Crippen LogP contribution in [0.3, 0.4) is 0 Å². The number of rotatable bonds is 4. The first kappa shape index (κ1) is 18.3. The van der Waals surface area contributed by atoms with Crippen molar-refractivity contribution in [3.63, 3.8) is 0 Å². The number of benzene rings is 2. The Morgan fingerprint density at radius 3 is 2.65 bits per heavy atom. The Balaban J connectivity index is 1.19. The fourth-order valence-electron chi connectivity index (χ4n) is 4.51. The number of halogens is 2. The largest absolute Gasteiger partial charge is 0.447 e. The molecule has 3 heterocycles. The lowest BCUT2D eigenvalue weighted by Gasteiger charge is -2.33. The Labute approximate surface area is 174 Å². The van der Waals surface area contributed by atoms with Gasteiger partial charge in [0.05, 0.1) is 12.1 Å². The fraction of sp³-hybridized carbons (Fsp3) is 0.318. The van der Waals surface area contributed by atoms with Crippen LogP contribution in [0.2, 0.25) is 0 Å². The number of hydrogen-bond donors (Lipinski definition) is 0. The predicted octanol–water partition coefficient (Wildman–Crippen LogP) is 3.78. The van der Waals surface area contributed by atoms with E-state index < -0.39 is 17.7 Å². The molecule has 6 rings (SSSR count). The Morgan fingerprint density at radius 2 is 1.87 bits per heavy atom. The first-order valence-corrected chi connectivity index (χ1v) is 10.2. The maximum atomic E-state index is 13.7. The third kappa shape index (κ3) is 3.03. The first-order valence-electron chi connectivity index (χ1n) is 10.2. The van der Waals surface area contributed by atoms with Crippen LogP contribution in [0.5, 0.6) is 6.08 Å². The van der Waals surface area contributed by atoms with Gasteiger partial charge in [-0.2, -0.15) is 10.1 Å². The van der Waals surface area contributed by atoms with Crippen molar-refractivity contribution in [2.75, 3.05) is 0 Å². The van der Waals surface area contributed by atoms with Crippen LogP contribution < -0.4 is 10.4 Å². The number of ether oxygens (including phenoxy) is 1. The van der Waals surface area contributed by atoms with Crippen molar-refractivity contribution in [3.05, 3.63) is 76.0 Å². The van der Waals surface area contributed by atoms with E-state index in [0.717, 1.165) is 11.6 Å². The molecule has 1 fully saturated rings. The number of fused-ring (bicyclic) bond motifs is 2. The number of oxazole rings is 1. The summed E-state index contributed by atoms with van der Waals surface area (Å²) in [5.74, 6) is -0.660.